The fraction of sp³-hybridized carbons (Fsp3) is 0.125. The van der Waals surface area contributed by atoms with Gasteiger partial charge in [0.05, 0.1) is 16.6 Å². The lowest BCUT2D eigenvalue weighted by Crippen LogP contribution is -2.26. The summed E-state index contributed by atoms with van der Waals surface area (Å²) < 4.78 is 29.0. The second-order valence-electron chi connectivity index (χ2n) is 4.97. The van der Waals surface area contributed by atoms with Crippen LogP contribution in [0.5, 0.6) is 0 Å². The number of fused-ring (bicyclic) bond motifs is 1. The molecule has 1 aromatic heterocycles. The van der Waals surface area contributed by atoms with E-state index in [9.17, 15) is 13.6 Å². The number of hydrogen-bond acceptors (Lipinski definition) is 3. The van der Waals surface area contributed by atoms with Crippen LogP contribution >= 0.6 is 22.6 Å². The van der Waals surface area contributed by atoms with Crippen LogP contribution in [0, 0.1) is 15.2 Å². The predicted octanol–water partition coefficient (Wildman–Crippen LogP) is 2.77. The third-order valence-corrected chi connectivity index (χ3v) is 4.22. The molecule has 2 N–H and O–H groups in total. The zero-order chi connectivity index (χ0) is 16.6. The summed E-state index contributed by atoms with van der Waals surface area (Å²) in [6, 6.07) is 8.08. The molecule has 23 heavy (non-hydrogen) atoms. The number of nitrogens with zero attached hydrogens (tertiary/aromatic N) is 2. The topological polar surface area (TPSA) is 60.9 Å². The zero-order valence-electron chi connectivity index (χ0n) is 11.9. The van der Waals surface area contributed by atoms with Crippen LogP contribution in [0.4, 0.5) is 8.78 Å². The second-order valence-corrected chi connectivity index (χ2v) is 6.13. The van der Waals surface area contributed by atoms with Crippen LogP contribution in [0.25, 0.3) is 16.6 Å². The van der Waals surface area contributed by atoms with Gasteiger partial charge in [-0.3, -0.25) is 9.36 Å². The van der Waals surface area contributed by atoms with Gasteiger partial charge in [-0.15, -0.1) is 0 Å². The molecule has 0 aliphatic rings. The summed E-state index contributed by atoms with van der Waals surface area (Å²) in [7, 11) is 0. The van der Waals surface area contributed by atoms with E-state index in [4.69, 9.17) is 5.73 Å². The Morgan fingerprint density at radius 3 is 2.65 bits per heavy atom. The van der Waals surface area contributed by atoms with Crippen molar-refractivity contribution < 1.29 is 8.78 Å². The lowest BCUT2D eigenvalue weighted by molar-refractivity contribution is 0.624. The van der Waals surface area contributed by atoms with Gasteiger partial charge < -0.3 is 5.73 Å². The maximum atomic E-state index is 13.7. The molecule has 0 unspecified atom stereocenters. The summed E-state index contributed by atoms with van der Waals surface area (Å²) in [6.45, 7) is 0.283. The molecule has 0 amide bonds. The lowest BCUT2D eigenvalue weighted by Gasteiger charge is -2.14. The predicted molar refractivity (Wildman–Crippen MR) is 92.7 cm³/mol. The minimum absolute atomic E-state index is 0.152. The van der Waals surface area contributed by atoms with Crippen LogP contribution in [0.1, 0.15) is 5.82 Å². The first kappa shape index (κ1) is 16.0. The molecule has 0 fully saturated rings. The number of benzene rings is 2. The van der Waals surface area contributed by atoms with Crippen molar-refractivity contribution in [3.63, 3.8) is 0 Å². The van der Waals surface area contributed by atoms with Crippen molar-refractivity contribution in [2.75, 3.05) is 6.54 Å². The number of hydrogen-bond donors (Lipinski definition) is 1. The van der Waals surface area contributed by atoms with Gasteiger partial charge in [-0.25, -0.2) is 13.8 Å². The summed E-state index contributed by atoms with van der Waals surface area (Å²) in [5, 5.41) is 0.152. The maximum absolute atomic E-state index is 13.7. The van der Waals surface area contributed by atoms with E-state index in [-0.39, 0.29) is 11.9 Å². The van der Waals surface area contributed by atoms with E-state index >= 15 is 0 Å². The zero-order valence-corrected chi connectivity index (χ0v) is 14.0. The van der Waals surface area contributed by atoms with Crippen LogP contribution in [-0.2, 0) is 6.42 Å². The van der Waals surface area contributed by atoms with E-state index in [0.717, 1.165) is 6.07 Å². The minimum atomic E-state index is -0.516. The van der Waals surface area contributed by atoms with Crippen molar-refractivity contribution in [1.29, 1.82) is 0 Å². The average molecular weight is 427 g/mol. The molecular weight excluding hydrogens is 415 g/mol. The molecule has 118 valence electrons. The molecule has 0 saturated heterocycles. The third-order valence-electron chi connectivity index (χ3n) is 3.39. The first-order chi connectivity index (χ1) is 11.0. The van der Waals surface area contributed by atoms with Gasteiger partial charge >= 0.3 is 0 Å². The quantitative estimate of drug-likeness (QED) is 0.655. The van der Waals surface area contributed by atoms with E-state index in [0.29, 0.717) is 27.0 Å². The van der Waals surface area contributed by atoms with E-state index in [1.165, 1.54) is 28.8 Å². The highest BCUT2D eigenvalue weighted by atomic mass is 127. The van der Waals surface area contributed by atoms with Gasteiger partial charge in [0, 0.05) is 9.99 Å². The molecule has 0 radical (unpaired) electrons. The van der Waals surface area contributed by atoms with Crippen molar-refractivity contribution in [1.82, 2.24) is 9.55 Å². The number of halogens is 3. The van der Waals surface area contributed by atoms with Crippen LogP contribution in [0.15, 0.2) is 41.2 Å². The Morgan fingerprint density at radius 2 is 1.96 bits per heavy atom. The molecule has 0 aliphatic carbocycles. The highest BCUT2D eigenvalue weighted by molar-refractivity contribution is 14.1. The van der Waals surface area contributed by atoms with E-state index in [1.807, 2.05) is 22.6 Å². The van der Waals surface area contributed by atoms with Crippen molar-refractivity contribution in [3.8, 4) is 5.69 Å². The highest BCUT2D eigenvalue weighted by Gasteiger charge is 2.15. The largest absolute Gasteiger partial charge is 0.330 e. The summed E-state index contributed by atoms with van der Waals surface area (Å²) in [5.41, 5.74) is 5.92. The Kier molecular flexibility index (Phi) is 4.40. The SMILES string of the molecule is NCCc1nc2c(I)cc(F)cc2c(=O)n1-c1cccc(F)c1. The monoisotopic (exact) mass is 427 g/mol. The fourth-order valence-corrected chi connectivity index (χ4v) is 3.15. The fourth-order valence-electron chi connectivity index (χ4n) is 2.44. The summed E-state index contributed by atoms with van der Waals surface area (Å²) >= 11 is 1.94. The van der Waals surface area contributed by atoms with Crippen molar-refractivity contribution >= 4 is 33.5 Å². The standard InChI is InChI=1S/C16H12F2IN3O/c17-9-2-1-3-11(6-9)22-14(4-5-20)21-15-12(16(22)23)7-10(18)8-13(15)19/h1-3,6-8H,4-5,20H2. The van der Waals surface area contributed by atoms with Crippen molar-refractivity contribution in [2.45, 2.75) is 6.42 Å². The molecule has 1 heterocycles. The Balaban J connectivity index is 2.42. The van der Waals surface area contributed by atoms with Gasteiger partial charge in [0.15, 0.2) is 0 Å². The van der Waals surface area contributed by atoms with Gasteiger partial charge in [0.25, 0.3) is 5.56 Å². The first-order valence-corrected chi connectivity index (χ1v) is 7.96. The molecule has 3 aromatic rings. The Morgan fingerprint density at radius 1 is 1.17 bits per heavy atom. The highest BCUT2D eigenvalue weighted by Crippen LogP contribution is 2.20. The smallest absolute Gasteiger partial charge is 0.266 e. The average Bonchev–Trinajstić information content (AvgIpc) is 2.49. The van der Waals surface area contributed by atoms with Crippen LogP contribution in [0.2, 0.25) is 0 Å². The summed E-state index contributed by atoms with van der Waals surface area (Å²) in [5.74, 6) is -0.569. The van der Waals surface area contributed by atoms with E-state index in [1.54, 1.807) is 6.07 Å². The molecule has 0 spiro atoms. The molecule has 0 aliphatic heterocycles. The molecular formula is C16H12F2IN3O. The van der Waals surface area contributed by atoms with Gasteiger partial charge in [0.2, 0.25) is 0 Å². The van der Waals surface area contributed by atoms with Crippen LogP contribution < -0.4 is 11.3 Å². The first-order valence-electron chi connectivity index (χ1n) is 6.88. The van der Waals surface area contributed by atoms with Crippen molar-refractivity contribution in [2.24, 2.45) is 5.73 Å². The van der Waals surface area contributed by atoms with Crippen molar-refractivity contribution in [3.05, 3.63) is 67.8 Å². The molecule has 4 nitrogen and oxygen atoms in total. The summed E-state index contributed by atoms with van der Waals surface area (Å²) in [6.07, 6.45) is 0.342. The maximum Gasteiger partial charge on any atom is 0.266 e. The van der Waals surface area contributed by atoms with Crippen LogP contribution in [-0.4, -0.2) is 16.1 Å². The number of nitrogens with two attached hydrogens (primary N) is 1. The van der Waals surface area contributed by atoms with Gasteiger partial charge in [0.1, 0.15) is 17.5 Å². The van der Waals surface area contributed by atoms with E-state index < -0.39 is 17.2 Å². The third kappa shape index (κ3) is 2.98. The normalized spacial score (nSPS) is 11.1. The van der Waals surface area contributed by atoms with Gasteiger partial charge in [-0.1, -0.05) is 6.07 Å². The van der Waals surface area contributed by atoms with E-state index in [2.05, 4.69) is 4.98 Å². The Labute approximate surface area is 144 Å². The summed E-state index contributed by atoms with van der Waals surface area (Å²) in [4.78, 5) is 17.3. The Hall–Kier alpha value is -1.87. The molecule has 0 bridgehead atoms. The number of rotatable bonds is 3. The Bertz CT molecular complexity index is 956. The number of aromatic nitrogens is 2. The molecule has 2 aromatic carbocycles. The minimum Gasteiger partial charge on any atom is -0.330 e. The van der Waals surface area contributed by atoms with Gasteiger partial charge in [-0.2, -0.15) is 0 Å². The molecule has 7 heteroatoms. The second kappa shape index (κ2) is 6.32. The molecule has 3 rings (SSSR count). The van der Waals surface area contributed by atoms with Crippen LogP contribution in [0.3, 0.4) is 0 Å². The molecule has 0 saturated carbocycles. The lowest BCUT2D eigenvalue weighted by atomic mass is 10.2. The van der Waals surface area contributed by atoms with Gasteiger partial charge in [-0.05, 0) is 59.5 Å². The molecule has 0 atom stereocenters.